The summed E-state index contributed by atoms with van der Waals surface area (Å²) in [7, 11) is 0. The van der Waals surface area contributed by atoms with Crippen LogP contribution < -0.4 is 0 Å². The Kier molecular flexibility index (Phi) is 2.90. The summed E-state index contributed by atoms with van der Waals surface area (Å²) in [6.07, 6.45) is 8.08. The molecule has 1 rings (SSSR count). The average molecular weight is 144 g/mol. The van der Waals surface area contributed by atoms with Crippen molar-refractivity contribution in [3.05, 3.63) is 0 Å². The largest absolute Gasteiger partial charge is 0.162 e. The van der Waals surface area contributed by atoms with Crippen molar-refractivity contribution >= 4 is 11.8 Å². The van der Waals surface area contributed by atoms with Gasteiger partial charge >= 0.3 is 0 Å². The minimum atomic E-state index is 0.995. The van der Waals surface area contributed by atoms with Gasteiger partial charge in [0.25, 0.3) is 0 Å². The molecule has 0 nitrogen and oxygen atoms in total. The van der Waals surface area contributed by atoms with E-state index in [9.17, 15) is 0 Å². The molecule has 0 aromatic carbocycles. The van der Waals surface area contributed by atoms with Crippen LogP contribution in [0.15, 0.2) is 0 Å². The third kappa shape index (κ3) is 1.89. The maximum atomic E-state index is 2.31. The minimum absolute atomic E-state index is 0.995. The number of hydrogen-bond acceptors (Lipinski definition) is 1. The molecule has 0 saturated heterocycles. The Bertz CT molecular complexity index is 70.6. The van der Waals surface area contributed by atoms with Crippen LogP contribution in [0, 0.1) is 5.92 Å². The molecule has 0 aliphatic heterocycles. The highest BCUT2D eigenvalue weighted by Crippen LogP contribution is 2.34. The van der Waals surface area contributed by atoms with Crippen molar-refractivity contribution in [2.45, 2.75) is 37.9 Å². The quantitative estimate of drug-likeness (QED) is 0.574. The lowest BCUT2D eigenvalue weighted by Crippen LogP contribution is -1.94. The van der Waals surface area contributed by atoms with Crippen molar-refractivity contribution in [2.75, 3.05) is 6.26 Å². The van der Waals surface area contributed by atoms with Gasteiger partial charge in [0.15, 0.2) is 0 Å². The molecule has 0 aromatic heterocycles. The van der Waals surface area contributed by atoms with E-state index in [-0.39, 0.29) is 0 Å². The van der Waals surface area contributed by atoms with Crippen molar-refractivity contribution in [3.63, 3.8) is 0 Å². The van der Waals surface area contributed by atoms with Crippen LogP contribution in [0.5, 0.6) is 0 Å². The normalized spacial score (nSPS) is 35.3. The molecule has 9 heavy (non-hydrogen) atoms. The summed E-state index contributed by atoms with van der Waals surface area (Å²) in [6.45, 7) is 2.31. The van der Waals surface area contributed by atoms with Gasteiger partial charge in [0.05, 0.1) is 0 Å². The second-order valence-electron chi connectivity index (χ2n) is 2.95. The van der Waals surface area contributed by atoms with Crippen LogP contribution >= 0.6 is 11.8 Å². The molecule has 54 valence electrons. The molecule has 0 N–H and O–H groups in total. The number of thioether (sulfide) groups is 1. The maximum Gasteiger partial charge on any atom is 0.00470 e. The Balaban J connectivity index is 2.20. The lowest BCUT2D eigenvalue weighted by Gasteiger charge is -2.04. The van der Waals surface area contributed by atoms with Crippen molar-refractivity contribution in [3.8, 4) is 0 Å². The highest BCUT2D eigenvalue weighted by Gasteiger charge is 2.21. The van der Waals surface area contributed by atoms with E-state index in [2.05, 4.69) is 24.9 Å². The molecule has 1 saturated carbocycles. The van der Waals surface area contributed by atoms with Gasteiger partial charge in [0.2, 0.25) is 0 Å². The van der Waals surface area contributed by atoms with Crippen molar-refractivity contribution in [1.29, 1.82) is 0 Å². The fourth-order valence-corrected chi connectivity index (χ4v) is 2.45. The minimum Gasteiger partial charge on any atom is -0.162 e. The Morgan fingerprint density at radius 2 is 2.22 bits per heavy atom. The summed E-state index contributed by atoms with van der Waals surface area (Å²) in [6, 6.07) is 0. The van der Waals surface area contributed by atoms with Gasteiger partial charge in [-0.15, -0.1) is 0 Å². The van der Waals surface area contributed by atoms with E-state index in [1.54, 1.807) is 0 Å². The first-order valence-electron chi connectivity index (χ1n) is 3.89. The van der Waals surface area contributed by atoms with Gasteiger partial charge < -0.3 is 0 Å². The molecule has 1 heteroatoms. The topological polar surface area (TPSA) is 0 Å². The summed E-state index contributed by atoms with van der Waals surface area (Å²) in [5.41, 5.74) is 0. The van der Waals surface area contributed by atoms with E-state index in [4.69, 9.17) is 0 Å². The summed E-state index contributed by atoms with van der Waals surface area (Å²) in [4.78, 5) is 0. The summed E-state index contributed by atoms with van der Waals surface area (Å²) < 4.78 is 0. The maximum absolute atomic E-state index is 2.31. The van der Waals surface area contributed by atoms with E-state index in [0.29, 0.717) is 0 Å². The van der Waals surface area contributed by atoms with E-state index < -0.39 is 0 Å². The van der Waals surface area contributed by atoms with Crippen LogP contribution in [0.4, 0.5) is 0 Å². The third-order valence-electron chi connectivity index (χ3n) is 2.40. The molecule has 0 aromatic rings. The lowest BCUT2D eigenvalue weighted by molar-refractivity contribution is 0.532. The van der Waals surface area contributed by atoms with E-state index in [1.807, 2.05) is 0 Å². The molecule has 0 bridgehead atoms. The van der Waals surface area contributed by atoms with Gasteiger partial charge in [-0.25, -0.2) is 0 Å². The number of rotatable bonds is 2. The van der Waals surface area contributed by atoms with Gasteiger partial charge in [-0.3, -0.25) is 0 Å². The zero-order chi connectivity index (χ0) is 6.69. The first kappa shape index (κ1) is 7.46. The van der Waals surface area contributed by atoms with Crippen LogP contribution in [0.3, 0.4) is 0 Å². The van der Waals surface area contributed by atoms with E-state index >= 15 is 0 Å². The van der Waals surface area contributed by atoms with Crippen LogP contribution in [-0.2, 0) is 0 Å². The first-order chi connectivity index (χ1) is 4.36. The smallest absolute Gasteiger partial charge is 0.00470 e. The van der Waals surface area contributed by atoms with Gasteiger partial charge in [-0.2, -0.15) is 11.8 Å². The Morgan fingerprint density at radius 1 is 1.44 bits per heavy atom. The highest BCUT2D eigenvalue weighted by atomic mass is 32.2. The predicted molar refractivity (Wildman–Crippen MR) is 44.9 cm³/mol. The predicted octanol–water partition coefficient (Wildman–Crippen LogP) is 2.93. The SMILES string of the molecule is CC[C@H]1CC[C@@H](SC)C1. The Labute approximate surface area is 62.4 Å². The second kappa shape index (κ2) is 3.50. The molecule has 0 unspecified atom stereocenters. The Morgan fingerprint density at radius 3 is 2.56 bits per heavy atom. The average Bonchev–Trinajstić information content (AvgIpc) is 2.34. The molecule has 1 aliphatic carbocycles. The molecule has 0 heterocycles. The third-order valence-corrected chi connectivity index (χ3v) is 3.50. The van der Waals surface area contributed by atoms with Crippen molar-refractivity contribution in [1.82, 2.24) is 0 Å². The van der Waals surface area contributed by atoms with Gasteiger partial charge in [-0.1, -0.05) is 13.3 Å². The standard InChI is InChI=1S/C8H16S/c1-3-7-4-5-8(6-7)9-2/h7-8H,3-6H2,1-2H3/t7-,8+/m0/s1. The molecular formula is C8H16S. The fourth-order valence-electron chi connectivity index (χ4n) is 1.61. The molecular weight excluding hydrogens is 128 g/mol. The second-order valence-corrected chi connectivity index (χ2v) is 4.08. The fraction of sp³-hybridized carbons (Fsp3) is 1.00. The van der Waals surface area contributed by atoms with Gasteiger partial charge in [0.1, 0.15) is 0 Å². The van der Waals surface area contributed by atoms with Crippen LogP contribution in [0.25, 0.3) is 0 Å². The van der Waals surface area contributed by atoms with Gasteiger partial charge in [0, 0.05) is 5.25 Å². The zero-order valence-electron chi connectivity index (χ0n) is 6.39. The monoisotopic (exact) mass is 144 g/mol. The van der Waals surface area contributed by atoms with E-state index in [1.165, 1.54) is 25.7 Å². The molecule has 1 aliphatic rings. The van der Waals surface area contributed by atoms with Crippen molar-refractivity contribution in [2.24, 2.45) is 5.92 Å². The first-order valence-corrected chi connectivity index (χ1v) is 5.18. The molecule has 0 radical (unpaired) electrons. The van der Waals surface area contributed by atoms with Crippen LogP contribution in [0.2, 0.25) is 0 Å². The van der Waals surface area contributed by atoms with Gasteiger partial charge in [-0.05, 0) is 31.4 Å². The lowest BCUT2D eigenvalue weighted by atomic mass is 10.1. The summed E-state index contributed by atoms with van der Waals surface area (Å²) >= 11 is 2.05. The highest BCUT2D eigenvalue weighted by molar-refractivity contribution is 7.99. The van der Waals surface area contributed by atoms with Crippen LogP contribution in [-0.4, -0.2) is 11.5 Å². The zero-order valence-corrected chi connectivity index (χ0v) is 7.21. The Hall–Kier alpha value is 0.350. The van der Waals surface area contributed by atoms with Crippen molar-refractivity contribution < 1.29 is 0 Å². The van der Waals surface area contributed by atoms with Crippen LogP contribution in [0.1, 0.15) is 32.6 Å². The molecule has 2 atom stereocenters. The summed E-state index contributed by atoms with van der Waals surface area (Å²) in [5.74, 6) is 1.06. The molecule has 1 fully saturated rings. The molecule has 0 spiro atoms. The summed E-state index contributed by atoms with van der Waals surface area (Å²) in [5, 5.41) is 0.995. The number of hydrogen-bond donors (Lipinski definition) is 0. The van der Waals surface area contributed by atoms with E-state index in [0.717, 1.165) is 11.2 Å². The molecule has 0 amide bonds.